The lowest BCUT2D eigenvalue weighted by atomic mass is 10.2. The zero-order valence-electron chi connectivity index (χ0n) is 13.1. The van der Waals surface area contributed by atoms with Crippen LogP contribution < -0.4 is 10.6 Å². The van der Waals surface area contributed by atoms with E-state index in [2.05, 4.69) is 10.6 Å². The van der Waals surface area contributed by atoms with Gasteiger partial charge in [0.05, 0.1) is 9.81 Å². The Kier molecular flexibility index (Phi) is 5.13. The van der Waals surface area contributed by atoms with E-state index in [1.54, 1.807) is 0 Å². The first kappa shape index (κ1) is 18.2. The predicted molar refractivity (Wildman–Crippen MR) is 91.6 cm³/mol. The molecule has 3 aliphatic heterocycles. The standard InChI is InChI=1S/C14H12N4O6S2/c19-9(5-7-11(21)15-13(23)25-7)17-1-2-18(4-3-17)10(20)6-8-12(22)16-14(24)26-8/h5-6H,1-4H2,(H,15,21,23)(H,16,22,24)/b7-5+,8-6+. The van der Waals surface area contributed by atoms with Crippen LogP contribution in [0.1, 0.15) is 0 Å². The number of rotatable bonds is 2. The molecule has 2 N–H and O–H groups in total. The summed E-state index contributed by atoms with van der Waals surface area (Å²) in [5.74, 6) is -2.04. The fourth-order valence-electron chi connectivity index (χ4n) is 2.40. The van der Waals surface area contributed by atoms with E-state index in [-0.39, 0.29) is 36.0 Å². The van der Waals surface area contributed by atoms with Crippen LogP contribution in [0, 0.1) is 0 Å². The molecule has 6 amide bonds. The number of carbonyl (C=O) groups excluding carboxylic acids is 6. The Labute approximate surface area is 155 Å². The van der Waals surface area contributed by atoms with E-state index in [4.69, 9.17) is 0 Å². The minimum atomic E-state index is -0.601. The van der Waals surface area contributed by atoms with Crippen molar-refractivity contribution in [1.29, 1.82) is 0 Å². The van der Waals surface area contributed by atoms with E-state index >= 15 is 0 Å². The van der Waals surface area contributed by atoms with Crippen LogP contribution in [-0.4, -0.2) is 70.1 Å². The number of nitrogens with one attached hydrogen (secondary N) is 2. The van der Waals surface area contributed by atoms with Crippen molar-refractivity contribution in [2.45, 2.75) is 0 Å². The van der Waals surface area contributed by atoms with Crippen molar-refractivity contribution in [3.8, 4) is 0 Å². The molecular formula is C14H12N4O6S2. The molecule has 0 atom stereocenters. The highest BCUT2D eigenvalue weighted by molar-refractivity contribution is 8.18. The second-order valence-electron chi connectivity index (χ2n) is 5.36. The monoisotopic (exact) mass is 396 g/mol. The van der Waals surface area contributed by atoms with Crippen molar-refractivity contribution in [3.05, 3.63) is 22.0 Å². The van der Waals surface area contributed by atoms with Gasteiger partial charge in [0.25, 0.3) is 22.3 Å². The highest BCUT2D eigenvalue weighted by Crippen LogP contribution is 2.24. The SMILES string of the molecule is O=C1NC(=O)/C(=C\C(=O)N2CCN(C(=O)/C=C3/SC(=O)NC3=O)CC2)S1. The van der Waals surface area contributed by atoms with Crippen LogP contribution in [-0.2, 0) is 19.2 Å². The number of piperazine rings is 1. The Morgan fingerprint density at radius 2 is 1.08 bits per heavy atom. The van der Waals surface area contributed by atoms with E-state index in [1.807, 2.05) is 0 Å². The number of hydrogen-bond acceptors (Lipinski definition) is 8. The Hall–Kier alpha value is -2.60. The molecule has 0 spiro atoms. The van der Waals surface area contributed by atoms with Gasteiger partial charge in [0.1, 0.15) is 0 Å². The molecule has 3 heterocycles. The van der Waals surface area contributed by atoms with Crippen LogP contribution in [0.5, 0.6) is 0 Å². The highest BCUT2D eigenvalue weighted by Gasteiger charge is 2.30. The van der Waals surface area contributed by atoms with Gasteiger partial charge in [-0.2, -0.15) is 0 Å². The molecule has 0 aromatic carbocycles. The van der Waals surface area contributed by atoms with Crippen molar-refractivity contribution in [2.24, 2.45) is 0 Å². The average molecular weight is 396 g/mol. The molecule has 0 radical (unpaired) electrons. The van der Waals surface area contributed by atoms with Crippen LogP contribution >= 0.6 is 23.5 Å². The zero-order chi connectivity index (χ0) is 18.8. The maximum absolute atomic E-state index is 12.2. The molecule has 0 unspecified atom stereocenters. The smallest absolute Gasteiger partial charge is 0.290 e. The molecule has 3 fully saturated rings. The first-order chi connectivity index (χ1) is 12.3. The molecule has 12 heteroatoms. The summed E-state index contributed by atoms with van der Waals surface area (Å²) in [6.45, 7) is 0.984. The van der Waals surface area contributed by atoms with Gasteiger partial charge in [0.2, 0.25) is 11.8 Å². The van der Waals surface area contributed by atoms with E-state index in [1.165, 1.54) is 9.80 Å². The summed E-state index contributed by atoms with van der Waals surface area (Å²) >= 11 is 1.33. The molecular weight excluding hydrogens is 384 g/mol. The van der Waals surface area contributed by atoms with E-state index in [0.717, 1.165) is 12.2 Å². The van der Waals surface area contributed by atoms with Crippen LogP contribution in [0.3, 0.4) is 0 Å². The molecule has 0 bridgehead atoms. The van der Waals surface area contributed by atoms with E-state index < -0.39 is 34.1 Å². The first-order valence-electron chi connectivity index (χ1n) is 7.41. The molecule has 26 heavy (non-hydrogen) atoms. The Morgan fingerprint density at radius 3 is 1.35 bits per heavy atom. The van der Waals surface area contributed by atoms with Gasteiger partial charge >= 0.3 is 0 Å². The summed E-state index contributed by atoms with van der Waals surface area (Å²) in [5.41, 5.74) is 0. The largest absolute Gasteiger partial charge is 0.336 e. The summed E-state index contributed by atoms with van der Waals surface area (Å²) in [4.78, 5) is 72.4. The molecule has 10 nitrogen and oxygen atoms in total. The molecule has 3 saturated heterocycles. The van der Waals surface area contributed by atoms with Gasteiger partial charge in [-0.05, 0) is 23.5 Å². The molecule has 0 saturated carbocycles. The van der Waals surface area contributed by atoms with Crippen LogP contribution in [0.25, 0.3) is 0 Å². The van der Waals surface area contributed by atoms with Crippen molar-refractivity contribution in [2.75, 3.05) is 26.2 Å². The summed E-state index contributed by atoms with van der Waals surface area (Å²) in [7, 11) is 0. The van der Waals surface area contributed by atoms with Gasteiger partial charge in [-0.3, -0.25) is 39.4 Å². The minimum Gasteiger partial charge on any atom is -0.336 e. The Bertz CT molecular complexity index is 731. The van der Waals surface area contributed by atoms with Gasteiger partial charge in [-0.15, -0.1) is 0 Å². The van der Waals surface area contributed by atoms with Gasteiger partial charge < -0.3 is 9.80 Å². The van der Waals surface area contributed by atoms with Gasteiger partial charge in [-0.1, -0.05) is 0 Å². The van der Waals surface area contributed by atoms with Crippen LogP contribution in [0.2, 0.25) is 0 Å². The lowest BCUT2D eigenvalue weighted by molar-refractivity contribution is -0.134. The Balaban J connectivity index is 1.56. The summed E-state index contributed by atoms with van der Waals surface area (Å²) < 4.78 is 0. The summed E-state index contributed by atoms with van der Waals surface area (Å²) in [5, 5.41) is 3.09. The summed E-state index contributed by atoms with van der Waals surface area (Å²) in [6.07, 6.45) is 2.21. The third kappa shape index (κ3) is 3.96. The molecule has 0 aromatic heterocycles. The first-order valence-corrected chi connectivity index (χ1v) is 9.04. The number of nitrogens with zero attached hydrogens (tertiary/aromatic N) is 2. The fourth-order valence-corrected chi connectivity index (χ4v) is 3.69. The summed E-state index contributed by atoms with van der Waals surface area (Å²) in [6, 6.07) is 0. The third-order valence-corrected chi connectivity index (χ3v) is 5.32. The molecule has 0 aromatic rings. The molecule has 0 aliphatic carbocycles. The van der Waals surface area contributed by atoms with E-state index in [9.17, 15) is 28.8 Å². The van der Waals surface area contributed by atoms with Gasteiger partial charge in [0, 0.05) is 38.3 Å². The maximum Gasteiger partial charge on any atom is 0.290 e. The number of imide groups is 2. The topological polar surface area (TPSA) is 133 Å². The number of amides is 6. The normalized spacial score (nSPS) is 23.7. The highest BCUT2D eigenvalue weighted by atomic mass is 32.2. The third-order valence-electron chi connectivity index (χ3n) is 3.70. The van der Waals surface area contributed by atoms with Crippen molar-refractivity contribution in [3.63, 3.8) is 0 Å². The van der Waals surface area contributed by atoms with E-state index in [0.29, 0.717) is 23.5 Å². The molecule has 136 valence electrons. The molecule has 3 rings (SSSR count). The van der Waals surface area contributed by atoms with Gasteiger partial charge in [0.15, 0.2) is 0 Å². The number of thioether (sulfide) groups is 2. The second-order valence-corrected chi connectivity index (χ2v) is 7.38. The average Bonchev–Trinajstić information content (AvgIpc) is 3.07. The van der Waals surface area contributed by atoms with Crippen molar-refractivity contribution in [1.82, 2.24) is 20.4 Å². The second kappa shape index (κ2) is 7.33. The minimum absolute atomic E-state index is 0.0391. The molecule has 3 aliphatic rings. The predicted octanol–water partition coefficient (Wildman–Crippen LogP) is -0.609. The lowest BCUT2D eigenvalue weighted by Crippen LogP contribution is -2.50. The van der Waals surface area contributed by atoms with Crippen LogP contribution in [0.15, 0.2) is 22.0 Å². The zero-order valence-corrected chi connectivity index (χ0v) is 14.8. The van der Waals surface area contributed by atoms with Crippen molar-refractivity contribution >= 4 is 57.6 Å². The van der Waals surface area contributed by atoms with Crippen LogP contribution in [0.4, 0.5) is 9.59 Å². The Morgan fingerprint density at radius 1 is 0.731 bits per heavy atom. The number of hydrogen-bond donors (Lipinski definition) is 2. The maximum atomic E-state index is 12.2. The quantitative estimate of drug-likeness (QED) is 0.591. The lowest BCUT2D eigenvalue weighted by Gasteiger charge is -2.33. The fraction of sp³-hybridized carbons (Fsp3) is 0.286. The number of carbonyl (C=O) groups is 6. The van der Waals surface area contributed by atoms with Crippen molar-refractivity contribution < 1.29 is 28.8 Å². The van der Waals surface area contributed by atoms with Gasteiger partial charge in [-0.25, -0.2) is 0 Å².